The molecule has 2 N–H and O–H groups in total. The molecule has 235 valence electrons. The van der Waals surface area contributed by atoms with Gasteiger partial charge < -0.3 is 10.2 Å². The van der Waals surface area contributed by atoms with Crippen LogP contribution in [0.2, 0.25) is 0 Å². The third kappa shape index (κ3) is 9.40. The first-order valence-electron chi connectivity index (χ1n) is 15.5. The minimum Gasteiger partial charge on any atom is -0.507 e. The smallest absolute Gasteiger partial charge is 0.156 e. The summed E-state index contributed by atoms with van der Waals surface area (Å²) in [7, 11) is 0. The molecule has 0 saturated heterocycles. The monoisotopic (exact) mass is 647 g/mol. The van der Waals surface area contributed by atoms with Gasteiger partial charge in [-0.2, -0.15) is 0 Å². The first-order valence-corrected chi connectivity index (χ1v) is 15.5. The normalized spacial score (nSPS) is 14.2. The van der Waals surface area contributed by atoms with Crippen molar-refractivity contribution in [3.8, 4) is 0 Å². The maximum absolute atomic E-state index is 11.3. The van der Waals surface area contributed by atoms with Gasteiger partial charge in [0.05, 0.1) is 0 Å². The van der Waals surface area contributed by atoms with Crippen LogP contribution in [0.4, 0.5) is 0 Å². The van der Waals surface area contributed by atoms with Gasteiger partial charge in [-0.1, -0.05) is 72.8 Å². The molecule has 1 radical (unpaired) electrons. The zero-order chi connectivity index (χ0) is 31.1. The van der Waals surface area contributed by atoms with E-state index in [9.17, 15) is 19.8 Å². The van der Waals surface area contributed by atoms with Gasteiger partial charge in [-0.05, 0) is 122 Å². The Labute approximate surface area is 277 Å². The van der Waals surface area contributed by atoms with Crippen LogP contribution in [0.3, 0.4) is 0 Å². The summed E-state index contributed by atoms with van der Waals surface area (Å²) < 4.78 is 0. The summed E-state index contributed by atoms with van der Waals surface area (Å²) in [5.74, 6) is -0.111. The van der Waals surface area contributed by atoms with Gasteiger partial charge in [-0.15, -0.1) is 0 Å². The second-order valence-corrected chi connectivity index (χ2v) is 11.9. The summed E-state index contributed by atoms with van der Waals surface area (Å²) in [6.07, 6.45) is 10.0. The third-order valence-corrected chi connectivity index (χ3v) is 8.40. The molecule has 0 saturated carbocycles. The Morgan fingerprint density at radius 1 is 0.467 bits per heavy atom. The molecule has 0 aromatic heterocycles. The van der Waals surface area contributed by atoms with E-state index in [-0.39, 0.29) is 40.2 Å². The van der Waals surface area contributed by atoms with Gasteiger partial charge in [0.1, 0.15) is 11.5 Å². The summed E-state index contributed by atoms with van der Waals surface area (Å²) >= 11 is 0. The van der Waals surface area contributed by atoms with Crippen molar-refractivity contribution in [3.63, 3.8) is 0 Å². The third-order valence-electron chi connectivity index (χ3n) is 8.40. The number of benzene rings is 4. The van der Waals surface area contributed by atoms with Gasteiger partial charge in [0.15, 0.2) is 11.6 Å². The molecule has 12 rings (SSSR count). The van der Waals surface area contributed by atoms with Crippen molar-refractivity contribution in [1.82, 2.24) is 0 Å². The van der Waals surface area contributed by atoms with Crippen LogP contribution in [0.25, 0.3) is 11.5 Å². The quantitative estimate of drug-likeness (QED) is 0.133. The van der Waals surface area contributed by atoms with E-state index in [4.69, 9.17) is 0 Å². The second kappa shape index (κ2) is 15.7. The molecule has 0 aliphatic heterocycles. The summed E-state index contributed by atoms with van der Waals surface area (Å²) in [5, 5.41) is 20.5. The maximum Gasteiger partial charge on any atom is 0.156 e. The van der Waals surface area contributed by atoms with Crippen molar-refractivity contribution < 1.29 is 36.9 Å². The number of hydrogen-bond acceptors (Lipinski definition) is 4. The molecule has 4 aromatic rings. The van der Waals surface area contributed by atoms with E-state index < -0.39 is 0 Å². The fourth-order valence-corrected chi connectivity index (χ4v) is 5.89. The van der Waals surface area contributed by atoms with E-state index in [1.807, 2.05) is 12.1 Å². The van der Waals surface area contributed by atoms with E-state index in [1.54, 1.807) is 0 Å². The standard InChI is InChI=1S/2C20H20O2.Cu/c2*1-14(21)12-20(22)19-13-17-7-6-15-2-4-16(5-3-15)8-10-18(19)11-9-17;/h2*2-5,9,11-13,22H,6-8,10H2,1H3;/b2*20-12-;. The van der Waals surface area contributed by atoms with Crippen molar-refractivity contribution in [2.45, 2.75) is 65.2 Å². The fourth-order valence-electron chi connectivity index (χ4n) is 5.89. The number of carbonyl (C=O) groups is 2. The van der Waals surface area contributed by atoms with Crippen LogP contribution in [-0.2, 0) is 78.0 Å². The predicted molar refractivity (Wildman–Crippen MR) is 178 cm³/mol. The van der Waals surface area contributed by atoms with Gasteiger partial charge in [0.25, 0.3) is 0 Å². The summed E-state index contributed by atoms with van der Waals surface area (Å²) in [5.41, 5.74) is 11.4. The van der Waals surface area contributed by atoms with Crippen LogP contribution in [0, 0.1) is 0 Å². The van der Waals surface area contributed by atoms with E-state index in [0.29, 0.717) is 0 Å². The molecule has 5 heteroatoms. The molecule has 4 aromatic carbocycles. The average Bonchev–Trinajstić information content (AvgIpc) is 2.99. The molecule has 0 unspecified atom stereocenters. The van der Waals surface area contributed by atoms with Crippen molar-refractivity contribution >= 4 is 23.1 Å². The van der Waals surface area contributed by atoms with Crippen molar-refractivity contribution in [1.29, 1.82) is 0 Å². The van der Waals surface area contributed by atoms with Crippen LogP contribution >= 0.6 is 0 Å². The zero-order valence-corrected chi connectivity index (χ0v) is 26.8. The van der Waals surface area contributed by atoms with Gasteiger partial charge in [0.2, 0.25) is 0 Å². The molecule has 0 heterocycles. The van der Waals surface area contributed by atoms with Crippen LogP contribution in [0.5, 0.6) is 0 Å². The summed E-state index contributed by atoms with van der Waals surface area (Å²) in [6.45, 7) is 2.91. The maximum atomic E-state index is 11.3. The SMILES string of the molecule is CC(=O)/C=C(\O)c1cc2ccc1CCc1ccc(cc1)CC2.CC(=O)/C=C(\O)c1cc2ccc1CCc1ccc(cc1)CC2.[Cu]. The largest absolute Gasteiger partial charge is 0.507 e. The van der Waals surface area contributed by atoms with Gasteiger partial charge >= 0.3 is 0 Å². The molecule has 8 aliphatic rings. The molecule has 8 aliphatic carbocycles. The van der Waals surface area contributed by atoms with E-state index in [2.05, 4.69) is 72.8 Å². The first kappa shape index (κ1) is 33.7. The topological polar surface area (TPSA) is 74.6 Å². The summed E-state index contributed by atoms with van der Waals surface area (Å²) in [6, 6.07) is 30.1. The first-order chi connectivity index (χ1) is 21.2. The number of hydrogen-bond donors (Lipinski definition) is 2. The van der Waals surface area contributed by atoms with Crippen LogP contribution < -0.4 is 0 Å². The van der Waals surface area contributed by atoms with Gasteiger partial charge in [-0.25, -0.2) is 0 Å². The molecular weight excluding hydrogens is 608 g/mol. The summed E-state index contributed by atoms with van der Waals surface area (Å²) in [4.78, 5) is 22.5. The number of aryl methyl sites for hydroxylation is 8. The number of ketones is 2. The predicted octanol–water partition coefficient (Wildman–Crippen LogP) is 8.11. The van der Waals surface area contributed by atoms with E-state index in [0.717, 1.165) is 73.6 Å². The van der Waals surface area contributed by atoms with Crippen LogP contribution in [0.1, 0.15) is 69.5 Å². The number of aliphatic hydroxyl groups excluding tert-OH is 2. The zero-order valence-electron chi connectivity index (χ0n) is 25.9. The number of carbonyl (C=O) groups excluding carboxylic acids is 2. The van der Waals surface area contributed by atoms with Crippen LogP contribution in [0.15, 0.2) is 97.1 Å². The number of rotatable bonds is 4. The van der Waals surface area contributed by atoms with Crippen molar-refractivity contribution in [2.24, 2.45) is 0 Å². The molecule has 0 fully saturated rings. The Bertz CT molecular complexity index is 1580. The Kier molecular flexibility index (Phi) is 11.8. The molecule has 0 spiro atoms. The molecule has 45 heavy (non-hydrogen) atoms. The second-order valence-electron chi connectivity index (χ2n) is 11.9. The molecule has 4 nitrogen and oxygen atoms in total. The molecular formula is C40H40CuO4. The number of aliphatic hydroxyl groups is 2. The Morgan fingerprint density at radius 2 is 0.733 bits per heavy atom. The Morgan fingerprint density at radius 3 is 1.04 bits per heavy atom. The van der Waals surface area contributed by atoms with Gasteiger partial charge in [0, 0.05) is 40.3 Å². The average molecular weight is 648 g/mol. The molecule has 0 atom stereocenters. The van der Waals surface area contributed by atoms with Crippen LogP contribution in [-0.4, -0.2) is 21.8 Å². The molecule has 0 amide bonds. The minimum absolute atomic E-state index is 0. The fraction of sp³-hybridized carbons (Fsp3) is 0.250. The number of allylic oxidation sites excluding steroid dienone is 2. The van der Waals surface area contributed by atoms with Gasteiger partial charge in [-0.3, -0.25) is 9.59 Å². The van der Waals surface area contributed by atoms with E-state index in [1.165, 1.54) is 59.4 Å². The minimum atomic E-state index is -0.134. The van der Waals surface area contributed by atoms with Crippen molar-refractivity contribution in [2.75, 3.05) is 0 Å². The van der Waals surface area contributed by atoms with E-state index >= 15 is 0 Å². The Hall–Kier alpha value is -4.18. The molecule has 8 bridgehead atoms. The van der Waals surface area contributed by atoms with Crippen molar-refractivity contribution in [3.05, 3.63) is 153 Å². The Balaban J connectivity index is 0.000000200.